The van der Waals surface area contributed by atoms with Gasteiger partial charge in [0.2, 0.25) is 0 Å². The number of nitrogens with zero attached hydrogens (tertiary/aromatic N) is 1. The number of nitrogens with one attached hydrogen (secondary N) is 2. The van der Waals surface area contributed by atoms with Crippen molar-refractivity contribution in [2.75, 3.05) is 25.7 Å². The number of anilines is 1. The molecule has 5 rings (SSSR count). The second-order valence-electron chi connectivity index (χ2n) is 7.98. The summed E-state index contributed by atoms with van der Waals surface area (Å²) in [6.45, 7) is 1.79. The average molecular weight is 402 g/mol. The van der Waals surface area contributed by atoms with Crippen LogP contribution in [0.5, 0.6) is 11.5 Å². The lowest BCUT2D eigenvalue weighted by molar-refractivity contribution is 0.392. The van der Waals surface area contributed by atoms with E-state index in [1.54, 1.807) is 14.2 Å². The zero-order valence-corrected chi connectivity index (χ0v) is 17.3. The molecule has 3 atom stereocenters. The molecule has 0 saturated carbocycles. The van der Waals surface area contributed by atoms with Crippen LogP contribution in [0.2, 0.25) is 0 Å². The van der Waals surface area contributed by atoms with E-state index in [0.717, 1.165) is 24.6 Å². The monoisotopic (exact) mass is 401 g/mol. The molecule has 0 spiro atoms. The van der Waals surface area contributed by atoms with Gasteiger partial charge in [0.25, 0.3) is 0 Å². The number of methoxy groups -OCH3 is 2. The van der Waals surface area contributed by atoms with Crippen molar-refractivity contribution in [1.82, 2.24) is 10.9 Å². The van der Waals surface area contributed by atoms with Crippen molar-refractivity contribution in [2.45, 2.75) is 18.6 Å². The van der Waals surface area contributed by atoms with Crippen LogP contribution in [-0.4, -0.2) is 20.8 Å². The van der Waals surface area contributed by atoms with Crippen LogP contribution in [-0.2, 0) is 6.54 Å². The van der Waals surface area contributed by atoms with Crippen LogP contribution < -0.4 is 25.2 Å². The van der Waals surface area contributed by atoms with Crippen molar-refractivity contribution < 1.29 is 9.47 Å². The van der Waals surface area contributed by atoms with Gasteiger partial charge in [-0.05, 0) is 47.0 Å². The lowest BCUT2D eigenvalue weighted by Gasteiger charge is -2.39. The summed E-state index contributed by atoms with van der Waals surface area (Å²) in [5.74, 6) is 2.18. The van der Waals surface area contributed by atoms with Crippen LogP contribution in [0, 0.1) is 5.92 Å². The minimum Gasteiger partial charge on any atom is -0.497 e. The number of hydrogen-bond donors (Lipinski definition) is 2. The molecule has 0 aromatic heterocycles. The van der Waals surface area contributed by atoms with Crippen LogP contribution in [0.1, 0.15) is 28.8 Å². The molecule has 0 amide bonds. The fraction of sp³-hybridized carbons (Fsp3) is 0.280. The van der Waals surface area contributed by atoms with Gasteiger partial charge in [-0.25, -0.2) is 10.9 Å². The molecule has 3 aromatic carbocycles. The first-order valence-corrected chi connectivity index (χ1v) is 10.4. The quantitative estimate of drug-likeness (QED) is 0.670. The lowest BCUT2D eigenvalue weighted by atomic mass is 9.82. The molecular formula is C25H27N3O2. The standard InChI is InChI=1S/C25H27N3O2/c1-29-19-10-6-7-17(13-19)15-28-16-22-24(18-8-4-3-5-9-18)26-27-25(22)21-14-20(30-2)11-12-23(21)28/h3-14,22,24-27H,15-16H2,1-2H3. The van der Waals surface area contributed by atoms with Crippen LogP contribution in [0.25, 0.3) is 0 Å². The summed E-state index contributed by atoms with van der Waals surface area (Å²) >= 11 is 0. The Morgan fingerprint density at radius 3 is 2.40 bits per heavy atom. The third-order valence-electron chi connectivity index (χ3n) is 6.26. The van der Waals surface area contributed by atoms with Gasteiger partial charge in [0.15, 0.2) is 0 Å². The molecule has 30 heavy (non-hydrogen) atoms. The molecule has 2 heterocycles. The fourth-order valence-electron chi connectivity index (χ4n) is 4.79. The first-order valence-electron chi connectivity index (χ1n) is 10.4. The second kappa shape index (κ2) is 8.01. The molecule has 1 saturated heterocycles. The normalized spacial score (nSPS) is 22.3. The Kier molecular flexibility index (Phi) is 5.07. The number of fused-ring (bicyclic) bond motifs is 3. The van der Waals surface area contributed by atoms with Gasteiger partial charge in [0.1, 0.15) is 11.5 Å². The Morgan fingerprint density at radius 2 is 1.60 bits per heavy atom. The van der Waals surface area contributed by atoms with E-state index in [4.69, 9.17) is 9.47 Å². The van der Waals surface area contributed by atoms with Crippen molar-refractivity contribution in [2.24, 2.45) is 5.92 Å². The molecule has 3 aromatic rings. The minimum atomic E-state index is 0.238. The summed E-state index contributed by atoms with van der Waals surface area (Å²) in [4.78, 5) is 2.48. The summed E-state index contributed by atoms with van der Waals surface area (Å²) in [6.07, 6.45) is 0. The minimum absolute atomic E-state index is 0.238. The summed E-state index contributed by atoms with van der Waals surface area (Å²) in [6, 6.07) is 25.9. The summed E-state index contributed by atoms with van der Waals surface area (Å²) in [5, 5.41) is 0. The molecular weight excluding hydrogens is 374 g/mol. The van der Waals surface area contributed by atoms with Gasteiger partial charge in [-0.15, -0.1) is 0 Å². The molecule has 2 aliphatic heterocycles. The molecule has 5 heteroatoms. The van der Waals surface area contributed by atoms with Gasteiger partial charge in [-0.2, -0.15) is 0 Å². The van der Waals surface area contributed by atoms with E-state index in [0.29, 0.717) is 5.92 Å². The van der Waals surface area contributed by atoms with Gasteiger partial charge >= 0.3 is 0 Å². The highest BCUT2D eigenvalue weighted by Crippen LogP contribution is 2.46. The maximum absolute atomic E-state index is 5.54. The molecule has 2 aliphatic rings. The first kappa shape index (κ1) is 19.0. The third-order valence-corrected chi connectivity index (χ3v) is 6.26. The fourth-order valence-corrected chi connectivity index (χ4v) is 4.79. The van der Waals surface area contributed by atoms with Gasteiger partial charge < -0.3 is 14.4 Å². The summed E-state index contributed by atoms with van der Waals surface area (Å²) < 4.78 is 11.0. The Hall–Kier alpha value is -3.02. The van der Waals surface area contributed by atoms with E-state index < -0.39 is 0 Å². The Labute approximate surface area is 177 Å². The van der Waals surface area contributed by atoms with E-state index in [9.17, 15) is 0 Å². The number of rotatable bonds is 5. The number of ether oxygens (including phenoxy) is 2. The van der Waals surface area contributed by atoms with E-state index in [-0.39, 0.29) is 12.1 Å². The van der Waals surface area contributed by atoms with E-state index in [1.165, 1.54) is 22.4 Å². The van der Waals surface area contributed by atoms with Crippen molar-refractivity contribution in [3.63, 3.8) is 0 Å². The van der Waals surface area contributed by atoms with Gasteiger partial charge in [-0.3, -0.25) is 0 Å². The highest BCUT2D eigenvalue weighted by Gasteiger charge is 2.43. The first-order chi connectivity index (χ1) is 14.8. The Balaban J connectivity index is 1.52. The lowest BCUT2D eigenvalue weighted by Crippen LogP contribution is -2.39. The maximum Gasteiger partial charge on any atom is 0.119 e. The van der Waals surface area contributed by atoms with Crippen LogP contribution in [0.4, 0.5) is 5.69 Å². The van der Waals surface area contributed by atoms with Crippen LogP contribution in [0.3, 0.4) is 0 Å². The Morgan fingerprint density at radius 1 is 0.833 bits per heavy atom. The number of hydrazine groups is 1. The zero-order chi connectivity index (χ0) is 20.5. The Bertz CT molecular complexity index is 1020. The van der Waals surface area contributed by atoms with Crippen molar-refractivity contribution in [3.05, 3.63) is 89.5 Å². The molecule has 154 valence electrons. The summed E-state index contributed by atoms with van der Waals surface area (Å²) in [7, 11) is 3.44. The van der Waals surface area contributed by atoms with Crippen molar-refractivity contribution >= 4 is 5.69 Å². The largest absolute Gasteiger partial charge is 0.497 e. The molecule has 0 bridgehead atoms. The molecule has 1 fully saturated rings. The highest BCUT2D eigenvalue weighted by molar-refractivity contribution is 5.61. The second-order valence-corrected chi connectivity index (χ2v) is 7.98. The van der Waals surface area contributed by atoms with Crippen LogP contribution in [0.15, 0.2) is 72.8 Å². The van der Waals surface area contributed by atoms with Crippen molar-refractivity contribution in [1.29, 1.82) is 0 Å². The van der Waals surface area contributed by atoms with Crippen LogP contribution >= 0.6 is 0 Å². The van der Waals surface area contributed by atoms with Gasteiger partial charge in [0.05, 0.1) is 26.3 Å². The smallest absolute Gasteiger partial charge is 0.119 e. The summed E-state index contributed by atoms with van der Waals surface area (Å²) in [5.41, 5.74) is 12.2. The van der Waals surface area contributed by atoms with E-state index >= 15 is 0 Å². The molecule has 0 aliphatic carbocycles. The highest BCUT2D eigenvalue weighted by atomic mass is 16.5. The molecule has 3 unspecified atom stereocenters. The number of benzene rings is 3. The molecule has 0 radical (unpaired) electrons. The predicted molar refractivity (Wildman–Crippen MR) is 119 cm³/mol. The molecule has 2 N–H and O–H groups in total. The van der Waals surface area contributed by atoms with E-state index in [2.05, 4.69) is 82.5 Å². The SMILES string of the molecule is COc1cccc(CN2CC3C(c4ccccc4)NNC3c3cc(OC)ccc32)c1. The predicted octanol–water partition coefficient (Wildman–Crippen LogP) is 4.23. The topological polar surface area (TPSA) is 45.8 Å². The van der Waals surface area contributed by atoms with E-state index in [1.807, 2.05) is 6.07 Å². The van der Waals surface area contributed by atoms with Crippen molar-refractivity contribution in [3.8, 4) is 11.5 Å². The maximum atomic E-state index is 5.54. The van der Waals surface area contributed by atoms with Gasteiger partial charge in [-0.1, -0.05) is 42.5 Å². The third kappa shape index (κ3) is 3.40. The van der Waals surface area contributed by atoms with Gasteiger partial charge in [0, 0.05) is 24.7 Å². The average Bonchev–Trinajstić information content (AvgIpc) is 3.23. The zero-order valence-electron chi connectivity index (χ0n) is 17.3. The number of hydrogen-bond acceptors (Lipinski definition) is 5. The molecule has 5 nitrogen and oxygen atoms in total.